The molecular formula is C17H15NO. The van der Waals surface area contributed by atoms with Crippen molar-refractivity contribution in [3.8, 4) is 6.07 Å². The van der Waals surface area contributed by atoms with Crippen LogP contribution in [0.3, 0.4) is 0 Å². The Morgan fingerprint density at radius 1 is 0.947 bits per heavy atom. The molecule has 0 unspecified atom stereocenters. The molecule has 0 aromatic heterocycles. The molecule has 0 heterocycles. The van der Waals surface area contributed by atoms with Gasteiger partial charge in [0.1, 0.15) is 11.7 Å². The lowest BCUT2D eigenvalue weighted by atomic mass is 9.72. The Morgan fingerprint density at radius 3 is 1.79 bits per heavy atom. The van der Waals surface area contributed by atoms with Crippen LogP contribution < -0.4 is 0 Å². The number of nitrogens with zero attached hydrogens (tertiary/aromatic N) is 1. The molecule has 0 saturated carbocycles. The molecule has 2 heteroatoms. The van der Waals surface area contributed by atoms with E-state index in [4.69, 9.17) is 0 Å². The molecule has 0 aliphatic carbocycles. The van der Waals surface area contributed by atoms with Gasteiger partial charge in [-0.3, -0.25) is 0 Å². The van der Waals surface area contributed by atoms with E-state index in [1.165, 1.54) is 0 Å². The Morgan fingerprint density at radius 2 is 1.42 bits per heavy atom. The number of aldehydes is 1. The van der Waals surface area contributed by atoms with Crippen molar-refractivity contribution in [1.82, 2.24) is 0 Å². The van der Waals surface area contributed by atoms with Crippen LogP contribution in [0.1, 0.15) is 24.0 Å². The minimum Gasteiger partial charge on any atom is -0.303 e. The van der Waals surface area contributed by atoms with Gasteiger partial charge in [0.2, 0.25) is 0 Å². The van der Waals surface area contributed by atoms with Gasteiger partial charge in [0.15, 0.2) is 0 Å². The van der Waals surface area contributed by atoms with E-state index in [0.29, 0.717) is 12.8 Å². The number of hydrogen-bond donors (Lipinski definition) is 0. The third-order valence-corrected chi connectivity index (χ3v) is 3.36. The lowest BCUT2D eigenvalue weighted by Gasteiger charge is -2.27. The minimum absolute atomic E-state index is 0.372. The van der Waals surface area contributed by atoms with Crippen molar-refractivity contribution in [3.63, 3.8) is 0 Å². The highest BCUT2D eigenvalue weighted by molar-refractivity contribution is 5.53. The van der Waals surface area contributed by atoms with Gasteiger partial charge in [0, 0.05) is 6.42 Å². The average Bonchev–Trinajstić information content (AvgIpc) is 2.51. The van der Waals surface area contributed by atoms with Crippen molar-refractivity contribution in [1.29, 1.82) is 5.26 Å². The summed E-state index contributed by atoms with van der Waals surface area (Å²) < 4.78 is 0. The smallest absolute Gasteiger partial charge is 0.120 e. The number of nitriles is 1. The molecule has 0 amide bonds. The number of hydrogen-bond acceptors (Lipinski definition) is 2. The Kier molecular flexibility index (Phi) is 4.10. The summed E-state index contributed by atoms with van der Waals surface area (Å²) >= 11 is 0. The van der Waals surface area contributed by atoms with Crippen LogP contribution in [0.25, 0.3) is 0 Å². The highest BCUT2D eigenvalue weighted by Gasteiger charge is 2.33. The maximum atomic E-state index is 10.7. The van der Waals surface area contributed by atoms with Gasteiger partial charge in [0.05, 0.1) is 6.07 Å². The Labute approximate surface area is 113 Å². The zero-order valence-corrected chi connectivity index (χ0v) is 10.6. The molecule has 0 N–H and O–H groups in total. The van der Waals surface area contributed by atoms with Crippen LogP contribution in [0.2, 0.25) is 0 Å². The van der Waals surface area contributed by atoms with Crippen molar-refractivity contribution >= 4 is 6.29 Å². The maximum absolute atomic E-state index is 10.7. The third kappa shape index (κ3) is 2.56. The van der Waals surface area contributed by atoms with Crippen molar-refractivity contribution in [2.24, 2.45) is 0 Å². The van der Waals surface area contributed by atoms with Crippen molar-refractivity contribution in [2.45, 2.75) is 18.3 Å². The molecule has 0 bridgehead atoms. The molecule has 2 nitrogen and oxygen atoms in total. The van der Waals surface area contributed by atoms with Gasteiger partial charge >= 0.3 is 0 Å². The molecule has 0 atom stereocenters. The van der Waals surface area contributed by atoms with E-state index < -0.39 is 5.41 Å². The van der Waals surface area contributed by atoms with Crippen LogP contribution in [-0.4, -0.2) is 6.29 Å². The molecule has 0 aliphatic heterocycles. The van der Waals surface area contributed by atoms with Gasteiger partial charge in [0.25, 0.3) is 0 Å². The predicted octanol–water partition coefficient (Wildman–Crippen LogP) is 3.48. The van der Waals surface area contributed by atoms with Gasteiger partial charge in [-0.05, 0) is 17.5 Å². The van der Waals surface area contributed by atoms with Gasteiger partial charge in [-0.25, -0.2) is 0 Å². The van der Waals surface area contributed by atoms with Crippen LogP contribution in [-0.2, 0) is 10.2 Å². The predicted molar refractivity (Wildman–Crippen MR) is 74.6 cm³/mol. The fourth-order valence-electron chi connectivity index (χ4n) is 2.36. The summed E-state index contributed by atoms with van der Waals surface area (Å²) in [6.45, 7) is 0. The largest absolute Gasteiger partial charge is 0.303 e. The van der Waals surface area contributed by atoms with E-state index in [1.54, 1.807) is 0 Å². The van der Waals surface area contributed by atoms with Crippen LogP contribution in [0.5, 0.6) is 0 Å². The summed E-state index contributed by atoms with van der Waals surface area (Å²) in [5.41, 5.74) is 1.12. The summed E-state index contributed by atoms with van der Waals surface area (Å²) in [5.74, 6) is 0. The van der Waals surface area contributed by atoms with Crippen LogP contribution >= 0.6 is 0 Å². The lowest BCUT2D eigenvalue weighted by Crippen LogP contribution is -2.26. The first kappa shape index (κ1) is 13.0. The van der Waals surface area contributed by atoms with Crippen molar-refractivity contribution < 1.29 is 4.79 Å². The highest BCUT2D eigenvalue weighted by atomic mass is 16.1. The fourth-order valence-corrected chi connectivity index (χ4v) is 2.36. The third-order valence-electron chi connectivity index (χ3n) is 3.36. The average molecular weight is 249 g/mol. The van der Waals surface area contributed by atoms with Gasteiger partial charge in [-0.15, -0.1) is 0 Å². The van der Waals surface area contributed by atoms with Crippen LogP contribution in [0.4, 0.5) is 0 Å². The summed E-state index contributed by atoms with van der Waals surface area (Å²) in [7, 11) is 0. The normalized spacial score (nSPS) is 10.7. The highest BCUT2D eigenvalue weighted by Crippen LogP contribution is 2.35. The summed E-state index contributed by atoms with van der Waals surface area (Å²) in [6, 6.07) is 21.7. The number of carbonyl (C=O) groups is 1. The molecule has 94 valence electrons. The molecule has 0 fully saturated rings. The molecule has 2 rings (SSSR count). The van der Waals surface area contributed by atoms with Gasteiger partial charge in [-0.1, -0.05) is 60.7 Å². The second-order valence-corrected chi connectivity index (χ2v) is 4.45. The van der Waals surface area contributed by atoms with Gasteiger partial charge in [-0.2, -0.15) is 5.26 Å². The van der Waals surface area contributed by atoms with Crippen molar-refractivity contribution in [2.75, 3.05) is 0 Å². The van der Waals surface area contributed by atoms with E-state index in [2.05, 4.69) is 6.07 Å². The van der Waals surface area contributed by atoms with E-state index in [9.17, 15) is 10.1 Å². The SMILES string of the molecule is N#CC(CCC=O)(c1ccccc1)c1ccccc1. The van der Waals surface area contributed by atoms with Gasteiger partial charge < -0.3 is 4.79 Å². The molecule has 2 aromatic carbocycles. The second-order valence-electron chi connectivity index (χ2n) is 4.45. The molecule has 0 saturated heterocycles. The summed E-state index contributed by atoms with van der Waals surface area (Å²) in [6.07, 6.45) is 1.75. The molecule has 2 aromatic rings. The number of carbonyl (C=O) groups excluding carboxylic acids is 1. The fraction of sp³-hybridized carbons (Fsp3) is 0.176. The topological polar surface area (TPSA) is 40.9 Å². The zero-order chi connectivity index (χ0) is 13.6. The van der Waals surface area contributed by atoms with Crippen LogP contribution in [0, 0.1) is 11.3 Å². The first-order chi connectivity index (χ1) is 9.33. The first-order valence-electron chi connectivity index (χ1n) is 6.29. The van der Waals surface area contributed by atoms with E-state index >= 15 is 0 Å². The molecule has 19 heavy (non-hydrogen) atoms. The standard InChI is InChI=1S/C17H15NO/c18-14-17(12-7-13-19,15-8-3-1-4-9-15)16-10-5-2-6-11-16/h1-6,8-11,13H,7,12H2. The Hall–Kier alpha value is -2.40. The molecule has 0 aliphatic rings. The number of rotatable bonds is 5. The van der Waals surface area contributed by atoms with E-state index in [-0.39, 0.29) is 0 Å². The van der Waals surface area contributed by atoms with E-state index in [0.717, 1.165) is 17.4 Å². The zero-order valence-electron chi connectivity index (χ0n) is 10.6. The van der Waals surface area contributed by atoms with Crippen molar-refractivity contribution in [3.05, 3.63) is 71.8 Å². The monoisotopic (exact) mass is 249 g/mol. The van der Waals surface area contributed by atoms with Crippen LogP contribution in [0.15, 0.2) is 60.7 Å². The van der Waals surface area contributed by atoms with E-state index in [1.807, 2.05) is 60.7 Å². The molecule has 0 spiro atoms. The second kappa shape index (κ2) is 5.97. The maximum Gasteiger partial charge on any atom is 0.120 e. The summed E-state index contributed by atoms with van der Waals surface area (Å²) in [5, 5.41) is 9.74. The first-order valence-corrected chi connectivity index (χ1v) is 6.29. The summed E-state index contributed by atoms with van der Waals surface area (Å²) in [4.78, 5) is 10.7. The Bertz CT molecular complexity index is 530. The Balaban J connectivity index is 2.55. The minimum atomic E-state index is -0.747. The lowest BCUT2D eigenvalue weighted by molar-refractivity contribution is -0.108. The molecular weight excluding hydrogens is 234 g/mol. The number of benzene rings is 2. The molecule has 0 radical (unpaired) electrons. The quantitative estimate of drug-likeness (QED) is 0.761.